The average molecular weight is 379 g/mol. The predicted octanol–water partition coefficient (Wildman–Crippen LogP) is 2.94. The largest absolute Gasteiger partial charge is 0.390 e. The number of rotatable bonds is 2. The molecule has 0 saturated heterocycles. The number of nitrogens with one attached hydrogen (secondary N) is 1. The lowest BCUT2D eigenvalue weighted by atomic mass is 10.2. The van der Waals surface area contributed by atoms with E-state index in [9.17, 15) is 0 Å². The van der Waals surface area contributed by atoms with E-state index in [4.69, 9.17) is 5.11 Å². The number of aromatic amines is 1. The Kier molecular flexibility index (Phi) is 3.42. The summed E-state index contributed by atoms with van der Waals surface area (Å²) in [6, 6.07) is 5.96. The number of benzene rings is 1. The Bertz CT molecular complexity index is 464. The first-order valence-corrected chi connectivity index (χ1v) is 6.18. The number of aromatic nitrogens is 2. The number of imidazole rings is 1. The standard InChI is InChI=1S/C10H8BrIN2O/c11-7-2-1-3-8(12)9(7)10-13-4-6(5-15)14-10/h1-4,15H,5H2,(H,13,14). The fourth-order valence-corrected chi connectivity index (χ4v) is 2.97. The van der Waals surface area contributed by atoms with Gasteiger partial charge in [-0.3, -0.25) is 0 Å². The van der Waals surface area contributed by atoms with Crippen molar-refractivity contribution in [3.05, 3.63) is 38.1 Å². The maximum absolute atomic E-state index is 8.95. The second-order valence-electron chi connectivity index (χ2n) is 3.01. The van der Waals surface area contributed by atoms with Crippen molar-refractivity contribution in [1.82, 2.24) is 9.97 Å². The van der Waals surface area contributed by atoms with E-state index < -0.39 is 0 Å². The normalized spacial score (nSPS) is 10.6. The number of aliphatic hydroxyl groups is 1. The monoisotopic (exact) mass is 378 g/mol. The summed E-state index contributed by atoms with van der Waals surface area (Å²) in [5, 5.41) is 8.95. The summed E-state index contributed by atoms with van der Waals surface area (Å²) < 4.78 is 2.11. The zero-order chi connectivity index (χ0) is 10.8. The third kappa shape index (κ3) is 2.24. The predicted molar refractivity (Wildman–Crippen MR) is 70.4 cm³/mol. The molecule has 15 heavy (non-hydrogen) atoms. The number of halogens is 2. The van der Waals surface area contributed by atoms with Crippen LogP contribution in [0.5, 0.6) is 0 Å². The van der Waals surface area contributed by atoms with Gasteiger partial charge in [-0.15, -0.1) is 0 Å². The molecule has 1 aromatic heterocycles. The van der Waals surface area contributed by atoms with Crippen molar-refractivity contribution in [2.24, 2.45) is 0 Å². The number of nitrogens with zero attached hydrogens (tertiary/aromatic N) is 1. The van der Waals surface area contributed by atoms with Crippen LogP contribution in [0, 0.1) is 3.57 Å². The molecule has 0 fully saturated rings. The smallest absolute Gasteiger partial charge is 0.139 e. The molecule has 2 N–H and O–H groups in total. The average Bonchev–Trinajstić information content (AvgIpc) is 2.66. The van der Waals surface area contributed by atoms with E-state index in [-0.39, 0.29) is 6.61 Å². The Morgan fingerprint density at radius 2 is 2.27 bits per heavy atom. The number of aliphatic hydroxyl groups excluding tert-OH is 1. The Morgan fingerprint density at radius 1 is 1.47 bits per heavy atom. The molecular formula is C10H8BrIN2O. The molecule has 1 heterocycles. The van der Waals surface area contributed by atoms with E-state index in [0.29, 0.717) is 0 Å². The first-order chi connectivity index (χ1) is 7.22. The zero-order valence-corrected chi connectivity index (χ0v) is 11.4. The van der Waals surface area contributed by atoms with Crippen LogP contribution in [-0.4, -0.2) is 15.1 Å². The van der Waals surface area contributed by atoms with E-state index in [1.165, 1.54) is 0 Å². The summed E-state index contributed by atoms with van der Waals surface area (Å²) in [5.74, 6) is 0.774. The fourth-order valence-electron chi connectivity index (χ4n) is 1.29. The lowest BCUT2D eigenvalue weighted by Gasteiger charge is -2.03. The first kappa shape index (κ1) is 11.1. The zero-order valence-electron chi connectivity index (χ0n) is 7.67. The summed E-state index contributed by atoms with van der Waals surface area (Å²) in [6.45, 7) is -0.0198. The Hall–Kier alpha value is -0.400. The minimum Gasteiger partial charge on any atom is -0.390 e. The van der Waals surface area contributed by atoms with E-state index in [2.05, 4.69) is 48.5 Å². The lowest BCUT2D eigenvalue weighted by molar-refractivity contribution is 0.277. The van der Waals surface area contributed by atoms with Gasteiger partial charge in [0.2, 0.25) is 0 Å². The molecule has 0 amide bonds. The summed E-state index contributed by atoms with van der Waals surface area (Å²) in [5.41, 5.74) is 1.74. The molecular weight excluding hydrogens is 371 g/mol. The van der Waals surface area contributed by atoms with E-state index in [0.717, 1.165) is 25.1 Å². The topological polar surface area (TPSA) is 48.9 Å². The van der Waals surface area contributed by atoms with Crippen LogP contribution in [0.3, 0.4) is 0 Å². The molecule has 0 aliphatic rings. The van der Waals surface area contributed by atoms with Gasteiger partial charge in [0.25, 0.3) is 0 Å². The minimum atomic E-state index is -0.0198. The molecule has 0 unspecified atom stereocenters. The molecule has 2 aromatic rings. The maximum atomic E-state index is 8.95. The molecule has 78 valence electrons. The van der Waals surface area contributed by atoms with Gasteiger partial charge >= 0.3 is 0 Å². The van der Waals surface area contributed by atoms with Crippen molar-refractivity contribution in [1.29, 1.82) is 0 Å². The Balaban J connectivity index is 2.53. The van der Waals surface area contributed by atoms with Gasteiger partial charge < -0.3 is 10.1 Å². The van der Waals surface area contributed by atoms with Gasteiger partial charge in [-0.25, -0.2) is 4.98 Å². The molecule has 1 aromatic carbocycles. The molecule has 0 radical (unpaired) electrons. The van der Waals surface area contributed by atoms with Crippen molar-refractivity contribution in [3.63, 3.8) is 0 Å². The van der Waals surface area contributed by atoms with Gasteiger partial charge in [-0.1, -0.05) is 22.0 Å². The summed E-state index contributed by atoms with van der Waals surface area (Å²) in [7, 11) is 0. The van der Waals surface area contributed by atoms with E-state index in [1.807, 2.05) is 18.2 Å². The molecule has 0 aliphatic carbocycles. The van der Waals surface area contributed by atoms with Crippen LogP contribution in [0.1, 0.15) is 5.69 Å². The van der Waals surface area contributed by atoms with Gasteiger partial charge in [0, 0.05) is 13.6 Å². The van der Waals surface area contributed by atoms with Crippen LogP contribution in [-0.2, 0) is 6.61 Å². The van der Waals surface area contributed by atoms with Crippen molar-refractivity contribution in [2.45, 2.75) is 6.61 Å². The van der Waals surface area contributed by atoms with Crippen molar-refractivity contribution in [2.75, 3.05) is 0 Å². The van der Waals surface area contributed by atoms with Crippen LogP contribution < -0.4 is 0 Å². The van der Waals surface area contributed by atoms with Crippen LogP contribution in [0.2, 0.25) is 0 Å². The second-order valence-corrected chi connectivity index (χ2v) is 5.03. The summed E-state index contributed by atoms with van der Waals surface area (Å²) >= 11 is 5.75. The number of hydrogen-bond donors (Lipinski definition) is 2. The molecule has 0 atom stereocenters. The summed E-state index contributed by atoms with van der Waals surface area (Å²) in [4.78, 5) is 7.29. The highest BCUT2D eigenvalue weighted by Crippen LogP contribution is 2.30. The van der Waals surface area contributed by atoms with Crippen LogP contribution in [0.4, 0.5) is 0 Å². The van der Waals surface area contributed by atoms with Gasteiger partial charge in [0.15, 0.2) is 0 Å². The Morgan fingerprint density at radius 3 is 2.87 bits per heavy atom. The van der Waals surface area contributed by atoms with Crippen molar-refractivity contribution < 1.29 is 5.11 Å². The highest BCUT2D eigenvalue weighted by atomic mass is 127. The maximum Gasteiger partial charge on any atom is 0.139 e. The molecule has 0 bridgehead atoms. The first-order valence-electron chi connectivity index (χ1n) is 4.31. The quantitative estimate of drug-likeness (QED) is 0.789. The molecule has 5 heteroatoms. The summed E-state index contributed by atoms with van der Waals surface area (Å²) in [6.07, 6.45) is 1.64. The highest BCUT2D eigenvalue weighted by Gasteiger charge is 2.10. The van der Waals surface area contributed by atoms with Crippen LogP contribution >= 0.6 is 38.5 Å². The lowest BCUT2D eigenvalue weighted by Crippen LogP contribution is -1.88. The Labute approximate surface area is 109 Å². The second kappa shape index (κ2) is 4.63. The minimum absolute atomic E-state index is 0.0198. The fraction of sp³-hybridized carbons (Fsp3) is 0.100. The van der Waals surface area contributed by atoms with Crippen LogP contribution in [0.25, 0.3) is 11.4 Å². The number of H-pyrrole nitrogens is 1. The van der Waals surface area contributed by atoms with Crippen molar-refractivity contribution in [3.8, 4) is 11.4 Å². The van der Waals surface area contributed by atoms with E-state index in [1.54, 1.807) is 6.20 Å². The van der Waals surface area contributed by atoms with Gasteiger partial charge in [-0.2, -0.15) is 0 Å². The van der Waals surface area contributed by atoms with E-state index >= 15 is 0 Å². The van der Waals surface area contributed by atoms with Crippen LogP contribution in [0.15, 0.2) is 28.9 Å². The van der Waals surface area contributed by atoms with Gasteiger partial charge in [0.1, 0.15) is 5.82 Å². The molecule has 2 rings (SSSR count). The SMILES string of the molecule is OCc1cnc(-c2c(Br)cccc2I)[nH]1. The molecule has 3 nitrogen and oxygen atoms in total. The van der Waals surface area contributed by atoms with Gasteiger partial charge in [-0.05, 0) is 34.7 Å². The molecule has 0 spiro atoms. The number of hydrogen-bond acceptors (Lipinski definition) is 2. The third-order valence-electron chi connectivity index (χ3n) is 2.00. The van der Waals surface area contributed by atoms with Crippen molar-refractivity contribution >= 4 is 38.5 Å². The molecule has 0 saturated carbocycles. The molecule has 0 aliphatic heterocycles. The highest BCUT2D eigenvalue weighted by molar-refractivity contribution is 14.1. The van der Waals surface area contributed by atoms with Gasteiger partial charge in [0.05, 0.1) is 18.5 Å². The third-order valence-corrected chi connectivity index (χ3v) is 3.56.